The van der Waals surface area contributed by atoms with E-state index in [1.165, 1.54) is 7.85 Å². The van der Waals surface area contributed by atoms with Gasteiger partial charge in [-0.2, -0.15) is 0 Å². The highest BCUT2D eigenvalue weighted by Gasteiger charge is 2.07. The number of hydrogen-bond acceptors (Lipinski definition) is 3. The summed E-state index contributed by atoms with van der Waals surface area (Å²) in [5, 5.41) is 0. The maximum Gasteiger partial charge on any atom is 0.197 e. The summed E-state index contributed by atoms with van der Waals surface area (Å²) in [4.78, 5) is 31.1. The van der Waals surface area contributed by atoms with Crippen molar-refractivity contribution in [2.24, 2.45) is 0 Å². The minimum absolute atomic E-state index is 0.0394. The molecule has 0 spiro atoms. The Morgan fingerprint density at radius 3 is 2.00 bits per heavy atom. The Balaban J connectivity index is 3.60. The molecule has 10 heavy (non-hydrogen) atoms. The molecule has 0 saturated carbocycles. The van der Waals surface area contributed by atoms with Crippen LogP contribution in [0.2, 0.25) is 0 Å². The largest absolute Gasteiger partial charge is 0.303 e. The van der Waals surface area contributed by atoms with Gasteiger partial charge in [0.25, 0.3) is 0 Å². The monoisotopic (exact) mass is 158 g/mol. The molecule has 0 aromatic heterocycles. The van der Waals surface area contributed by atoms with Crippen molar-refractivity contribution in [3.05, 3.63) is 0 Å². The minimum atomic E-state index is -0.480. The molecule has 0 aliphatic heterocycles. The van der Waals surface area contributed by atoms with Gasteiger partial charge in [-0.25, -0.2) is 0 Å². The molecule has 0 aliphatic carbocycles. The normalized spacial score (nSPS) is 8.90. The van der Waals surface area contributed by atoms with Gasteiger partial charge in [-0.05, 0) is 0 Å². The molecule has 54 valence electrons. The van der Waals surface area contributed by atoms with Crippen LogP contribution in [0.15, 0.2) is 0 Å². The van der Waals surface area contributed by atoms with Crippen molar-refractivity contribution in [1.82, 2.24) is 0 Å². The van der Waals surface area contributed by atoms with E-state index in [0.717, 1.165) is 0 Å². The molecule has 3 nitrogen and oxygen atoms in total. The maximum absolute atomic E-state index is 10.5. The SMILES string of the molecule is BC(=O)C(=O)CCC(=O)P. The lowest BCUT2D eigenvalue weighted by Gasteiger charge is -1.90. The zero-order valence-electron chi connectivity index (χ0n) is 5.72. The molecule has 0 fully saturated rings. The van der Waals surface area contributed by atoms with E-state index in [-0.39, 0.29) is 18.4 Å². The molecule has 0 rings (SSSR count). The lowest BCUT2D eigenvalue weighted by Crippen LogP contribution is -2.13. The Bertz CT molecular complexity index is 178. The van der Waals surface area contributed by atoms with Crippen molar-refractivity contribution in [2.45, 2.75) is 12.8 Å². The Labute approximate surface area is 62.2 Å². The van der Waals surface area contributed by atoms with Crippen molar-refractivity contribution in [2.75, 3.05) is 0 Å². The highest BCUT2D eigenvalue weighted by molar-refractivity contribution is 7.40. The molecule has 0 radical (unpaired) electrons. The van der Waals surface area contributed by atoms with Gasteiger partial charge in [0, 0.05) is 12.8 Å². The molecule has 5 heteroatoms. The van der Waals surface area contributed by atoms with Crippen molar-refractivity contribution < 1.29 is 14.4 Å². The zero-order chi connectivity index (χ0) is 8.15. The van der Waals surface area contributed by atoms with Crippen LogP contribution in [0.4, 0.5) is 0 Å². The first-order valence-electron chi connectivity index (χ1n) is 2.86. The minimum Gasteiger partial charge on any atom is -0.303 e. The zero-order valence-corrected chi connectivity index (χ0v) is 6.87. The van der Waals surface area contributed by atoms with Crippen LogP contribution in [0.3, 0.4) is 0 Å². The number of ketones is 1. The highest BCUT2D eigenvalue weighted by atomic mass is 31.0. The predicted octanol–water partition coefficient (Wildman–Crippen LogP) is -1.10. The van der Waals surface area contributed by atoms with E-state index in [1.54, 1.807) is 0 Å². The van der Waals surface area contributed by atoms with Crippen molar-refractivity contribution in [1.29, 1.82) is 0 Å². The lowest BCUT2D eigenvalue weighted by atomic mass is 9.96. The Hall–Kier alpha value is -0.495. The van der Waals surface area contributed by atoms with E-state index in [2.05, 4.69) is 0 Å². The fourth-order valence-corrected chi connectivity index (χ4v) is 0.557. The number of carbonyl (C=O) groups is 3. The van der Waals surface area contributed by atoms with Crippen LogP contribution in [0.5, 0.6) is 0 Å². The number of carbonyl (C=O) groups excluding carboxylic acids is 3. The van der Waals surface area contributed by atoms with Gasteiger partial charge in [0.2, 0.25) is 0 Å². The van der Waals surface area contributed by atoms with E-state index in [4.69, 9.17) is 0 Å². The van der Waals surface area contributed by atoms with Gasteiger partial charge in [-0.1, -0.05) is 9.24 Å². The first kappa shape index (κ1) is 9.50. The van der Waals surface area contributed by atoms with Crippen LogP contribution in [-0.4, -0.2) is 24.8 Å². The van der Waals surface area contributed by atoms with Crippen molar-refractivity contribution >= 4 is 34.1 Å². The number of rotatable bonds is 4. The van der Waals surface area contributed by atoms with Gasteiger partial charge in [-0.3, -0.25) is 9.59 Å². The van der Waals surface area contributed by atoms with E-state index in [1.807, 2.05) is 9.24 Å². The van der Waals surface area contributed by atoms with E-state index in [0.29, 0.717) is 0 Å². The van der Waals surface area contributed by atoms with Crippen LogP contribution in [0, 0.1) is 0 Å². The topological polar surface area (TPSA) is 51.2 Å². The second-order valence-electron chi connectivity index (χ2n) is 1.95. The summed E-state index contributed by atoms with van der Waals surface area (Å²) in [7, 11) is 3.16. The summed E-state index contributed by atoms with van der Waals surface area (Å²) in [6, 6.07) is 0. The van der Waals surface area contributed by atoms with E-state index >= 15 is 0 Å². The Morgan fingerprint density at radius 2 is 1.70 bits per heavy atom. The van der Waals surface area contributed by atoms with E-state index < -0.39 is 11.5 Å². The van der Waals surface area contributed by atoms with Gasteiger partial charge < -0.3 is 4.79 Å². The van der Waals surface area contributed by atoms with E-state index in [9.17, 15) is 14.4 Å². The number of hydrogen-bond donors (Lipinski definition) is 0. The molecule has 1 unspecified atom stereocenters. The third-order valence-corrected chi connectivity index (χ3v) is 1.28. The summed E-state index contributed by atoms with van der Waals surface area (Å²) >= 11 is 0. The molecular weight excluding hydrogens is 150 g/mol. The summed E-state index contributed by atoms with van der Waals surface area (Å²) in [5.41, 5.74) is -0.624. The first-order chi connectivity index (χ1) is 4.54. The summed E-state index contributed by atoms with van der Waals surface area (Å²) in [6.07, 6.45) is 0.181. The van der Waals surface area contributed by atoms with Gasteiger partial charge >= 0.3 is 0 Å². The van der Waals surface area contributed by atoms with Gasteiger partial charge in [-0.15, -0.1) is 0 Å². The molecule has 0 amide bonds. The van der Waals surface area contributed by atoms with Crippen LogP contribution in [0.25, 0.3) is 0 Å². The summed E-state index contributed by atoms with van der Waals surface area (Å²) < 4.78 is 0. The van der Waals surface area contributed by atoms with Crippen LogP contribution in [0.1, 0.15) is 12.8 Å². The quantitative estimate of drug-likeness (QED) is 0.296. The van der Waals surface area contributed by atoms with Gasteiger partial charge in [0.1, 0.15) is 11.2 Å². The standard InChI is InChI=1S/C5H8BO3P/c6-5(9)3(7)1-2-4(8)10/h1-2,6,10H2. The average Bonchev–Trinajstić information content (AvgIpc) is 1.82. The smallest absolute Gasteiger partial charge is 0.197 e. The molecule has 0 aromatic carbocycles. The number of Topliss-reactive ketones (excluding diaryl/α,β-unsaturated/α-hetero) is 1. The predicted molar refractivity (Wildman–Crippen MR) is 42.5 cm³/mol. The molecule has 0 aliphatic rings. The molecule has 0 heterocycles. The van der Waals surface area contributed by atoms with Gasteiger partial charge in [0.05, 0.1) is 0 Å². The average molecular weight is 158 g/mol. The molecule has 0 saturated heterocycles. The lowest BCUT2D eigenvalue weighted by molar-refractivity contribution is -0.132. The third kappa shape index (κ3) is 4.39. The Kier molecular flexibility index (Phi) is 4.13. The Morgan fingerprint density at radius 1 is 1.20 bits per heavy atom. The van der Waals surface area contributed by atoms with Crippen LogP contribution >= 0.6 is 9.24 Å². The van der Waals surface area contributed by atoms with Crippen molar-refractivity contribution in [3.8, 4) is 0 Å². The fourth-order valence-electron chi connectivity index (χ4n) is 0.413. The first-order valence-corrected chi connectivity index (χ1v) is 3.44. The molecular formula is C5H8BO3P. The van der Waals surface area contributed by atoms with Crippen molar-refractivity contribution in [3.63, 3.8) is 0 Å². The second kappa shape index (κ2) is 4.34. The molecule has 1 atom stereocenters. The summed E-state index contributed by atoms with van der Waals surface area (Å²) in [6.45, 7) is 0. The maximum atomic E-state index is 10.5. The molecule has 0 aromatic rings. The third-order valence-electron chi connectivity index (χ3n) is 0.991. The second-order valence-corrected chi connectivity index (χ2v) is 2.59. The molecule has 0 N–H and O–H groups in total. The molecule has 0 bridgehead atoms. The van der Waals surface area contributed by atoms with Crippen LogP contribution < -0.4 is 0 Å². The fraction of sp³-hybridized carbons (Fsp3) is 0.400. The highest BCUT2D eigenvalue weighted by Crippen LogP contribution is 1.97. The van der Waals surface area contributed by atoms with Gasteiger partial charge in [0.15, 0.2) is 13.6 Å². The summed E-state index contributed by atoms with van der Waals surface area (Å²) in [5.74, 6) is -0.476. The van der Waals surface area contributed by atoms with Crippen LogP contribution in [-0.2, 0) is 14.4 Å².